The summed E-state index contributed by atoms with van der Waals surface area (Å²) in [6.07, 6.45) is 0.981. The SMILES string of the molecule is COc1ccc(C(C)(C)C)cc1C1NCCc2c1[nH]c1ccc(OCc3ccccc3)cc21. The van der Waals surface area contributed by atoms with E-state index in [2.05, 4.69) is 79.6 Å². The van der Waals surface area contributed by atoms with Crippen LogP contribution in [0.4, 0.5) is 0 Å². The minimum Gasteiger partial charge on any atom is -0.496 e. The molecule has 2 N–H and O–H groups in total. The van der Waals surface area contributed by atoms with Gasteiger partial charge in [0.15, 0.2) is 0 Å². The van der Waals surface area contributed by atoms with E-state index >= 15 is 0 Å². The second kappa shape index (κ2) is 8.60. The number of rotatable bonds is 5. The molecule has 4 nitrogen and oxygen atoms in total. The van der Waals surface area contributed by atoms with E-state index in [1.165, 1.54) is 33.3 Å². The van der Waals surface area contributed by atoms with Crippen LogP contribution < -0.4 is 14.8 Å². The fourth-order valence-electron chi connectivity index (χ4n) is 4.73. The standard InChI is InChI=1S/C29H32N2O2/c1-29(2,3)20-10-13-26(32-4)24(16-20)27-28-22(14-15-30-27)23-17-21(11-12-25(23)31-28)33-18-19-8-6-5-7-9-19/h5-13,16-17,27,30-31H,14-15,18H2,1-4H3. The Morgan fingerprint density at radius 3 is 2.55 bits per heavy atom. The molecule has 0 saturated carbocycles. The highest BCUT2D eigenvalue weighted by molar-refractivity contribution is 5.86. The van der Waals surface area contributed by atoms with Crippen molar-refractivity contribution in [3.63, 3.8) is 0 Å². The van der Waals surface area contributed by atoms with Crippen LogP contribution in [0.1, 0.15) is 54.8 Å². The van der Waals surface area contributed by atoms with Crippen LogP contribution in [0.15, 0.2) is 66.7 Å². The van der Waals surface area contributed by atoms with E-state index in [1.54, 1.807) is 7.11 Å². The van der Waals surface area contributed by atoms with Crippen molar-refractivity contribution in [2.24, 2.45) is 0 Å². The lowest BCUT2D eigenvalue weighted by Crippen LogP contribution is -2.31. The van der Waals surface area contributed by atoms with Gasteiger partial charge in [-0.1, -0.05) is 57.2 Å². The molecule has 1 aliphatic heterocycles. The van der Waals surface area contributed by atoms with Gasteiger partial charge in [0, 0.05) is 28.7 Å². The van der Waals surface area contributed by atoms with Crippen LogP contribution in [0.5, 0.6) is 11.5 Å². The highest BCUT2D eigenvalue weighted by Gasteiger charge is 2.29. The first-order valence-electron chi connectivity index (χ1n) is 11.7. The molecular formula is C29H32N2O2. The number of benzene rings is 3. The largest absolute Gasteiger partial charge is 0.496 e. The predicted octanol–water partition coefficient (Wildman–Crippen LogP) is 6.29. The van der Waals surface area contributed by atoms with Crippen molar-refractivity contribution in [1.82, 2.24) is 10.3 Å². The molecule has 1 aliphatic rings. The molecule has 0 aliphatic carbocycles. The molecule has 4 aromatic rings. The lowest BCUT2D eigenvalue weighted by Gasteiger charge is -2.28. The average molecular weight is 441 g/mol. The second-order valence-electron chi connectivity index (χ2n) is 9.84. The minimum absolute atomic E-state index is 0.0621. The molecule has 0 fully saturated rings. The van der Waals surface area contributed by atoms with E-state index in [1.807, 2.05) is 18.2 Å². The summed E-state index contributed by atoms with van der Waals surface area (Å²) in [6, 6.07) is 23.3. The number of hydrogen-bond donors (Lipinski definition) is 2. The molecule has 0 radical (unpaired) electrons. The van der Waals surface area contributed by atoms with Crippen LogP contribution >= 0.6 is 0 Å². The van der Waals surface area contributed by atoms with Gasteiger partial charge in [-0.15, -0.1) is 0 Å². The monoisotopic (exact) mass is 440 g/mol. The molecule has 33 heavy (non-hydrogen) atoms. The van der Waals surface area contributed by atoms with Crippen LogP contribution in [0.2, 0.25) is 0 Å². The molecule has 0 spiro atoms. The third kappa shape index (κ3) is 4.23. The van der Waals surface area contributed by atoms with E-state index in [-0.39, 0.29) is 11.5 Å². The van der Waals surface area contributed by atoms with Gasteiger partial charge in [0.25, 0.3) is 0 Å². The van der Waals surface area contributed by atoms with Gasteiger partial charge in [-0.05, 0) is 58.9 Å². The van der Waals surface area contributed by atoms with E-state index in [4.69, 9.17) is 9.47 Å². The summed E-state index contributed by atoms with van der Waals surface area (Å²) in [6.45, 7) is 8.23. The number of nitrogens with one attached hydrogen (secondary N) is 2. The zero-order chi connectivity index (χ0) is 23.0. The van der Waals surface area contributed by atoms with Crippen molar-refractivity contribution >= 4 is 10.9 Å². The van der Waals surface area contributed by atoms with Crippen LogP contribution in [-0.2, 0) is 18.4 Å². The quantitative estimate of drug-likeness (QED) is 0.383. The van der Waals surface area contributed by atoms with Gasteiger partial charge in [-0.2, -0.15) is 0 Å². The Morgan fingerprint density at radius 2 is 1.79 bits per heavy atom. The molecule has 5 rings (SSSR count). The number of fused-ring (bicyclic) bond motifs is 3. The number of hydrogen-bond acceptors (Lipinski definition) is 3. The molecule has 1 atom stereocenters. The van der Waals surface area contributed by atoms with E-state index in [0.29, 0.717) is 6.61 Å². The topological polar surface area (TPSA) is 46.3 Å². The summed E-state index contributed by atoms with van der Waals surface area (Å²) < 4.78 is 11.9. The first-order valence-corrected chi connectivity index (χ1v) is 11.7. The summed E-state index contributed by atoms with van der Waals surface area (Å²) in [7, 11) is 1.75. The van der Waals surface area contributed by atoms with Gasteiger partial charge in [0.2, 0.25) is 0 Å². The smallest absolute Gasteiger partial charge is 0.124 e. The lowest BCUT2D eigenvalue weighted by molar-refractivity contribution is 0.306. The van der Waals surface area contributed by atoms with Gasteiger partial charge < -0.3 is 19.8 Å². The Morgan fingerprint density at radius 1 is 0.970 bits per heavy atom. The Hall–Kier alpha value is -3.24. The Bertz CT molecular complexity index is 1270. The Labute approximate surface area is 195 Å². The zero-order valence-electron chi connectivity index (χ0n) is 19.9. The highest BCUT2D eigenvalue weighted by atomic mass is 16.5. The van der Waals surface area contributed by atoms with Crippen LogP contribution in [0.25, 0.3) is 10.9 Å². The zero-order valence-corrected chi connectivity index (χ0v) is 19.9. The third-order valence-corrected chi connectivity index (χ3v) is 6.58. The predicted molar refractivity (Wildman–Crippen MR) is 134 cm³/mol. The molecule has 0 saturated heterocycles. The maximum atomic E-state index is 6.11. The van der Waals surface area contributed by atoms with Crippen LogP contribution in [0, 0.1) is 0 Å². The Balaban J connectivity index is 1.51. The van der Waals surface area contributed by atoms with Crippen molar-refractivity contribution < 1.29 is 9.47 Å². The van der Waals surface area contributed by atoms with Crippen LogP contribution in [-0.4, -0.2) is 18.6 Å². The summed E-state index contributed by atoms with van der Waals surface area (Å²) >= 11 is 0. The third-order valence-electron chi connectivity index (χ3n) is 6.58. The van der Waals surface area contributed by atoms with Crippen LogP contribution in [0.3, 0.4) is 0 Å². The fraction of sp³-hybridized carbons (Fsp3) is 0.310. The Kier molecular flexibility index (Phi) is 5.63. The molecule has 1 unspecified atom stereocenters. The van der Waals surface area contributed by atoms with Crippen molar-refractivity contribution in [3.05, 3.63) is 94.7 Å². The van der Waals surface area contributed by atoms with Crippen molar-refractivity contribution in [2.45, 2.75) is 45.3 Å². The van der Waals surface area contributed by atoms with Gasteiger partial charge in [0.1, 0.15) is 18.1 Å². The summed E-state index contributed by atoms with van der Waals surface area (Å²) in [5.41, 5.74) is 7.46. The average Bonchev–Trinajstić information content (AvgIpc) is 3.20. The van der Waals surface area contributed by atoms with Gasteiger partial charge in [-0.25, -0.2) is 0 Å². The van der Waals surface area contributed by atoms with Gasteiger partial charge in [-0.3, -0.25) is 0 Å². The first kappa shape index (κ1) is 21.6. The molecular weight excluding hydrogens is 408 g/mol. The molecule has 4 heteroatoms. The normalized spacial score (nSPS) is 15.9. The van der Waals surface area contributed by atoms with Crippen molar-refractivity contribution in [3.8, 4) is 11.5 Å². The number of methoxy groups -OCH3 is 1. The van der Waals surface area contributed by atoms with E-state index in [9.17, 15) is 0 Å². The molecule has 0 bridgehead atoms. The summed E-state index contributed by atoms with van der Waals surface area (Å²) in [5.74, 6) is 1.81. The molecule has 1 aromatic heterocycles. The molecule has 170 valence electrons. The van der Waals surface area contributed by atoms with E-state index < -0.39 is 0 Å². The van der Waals surface area contributed by atoms with E-state index in [0.717, 1.165) is 30.0 Å². The minimum atomic E-state index is 0.0621. The fourth-order valence-corrected chi connectivity index (χ4v) is 4.73. The molecule has 3 aromatic carbocycles. The molecule has 2 heterocycles. The van der Waals surface area contributed by atoms with Gasteiger partial charge in [0.05, 0.1) is 13.2 Å². The maximum Gasteiger partial charge on any atom is 0.124 e. The van der Waals surface area contributed by atoms with Gasteiger partial charge >= 0.3 is 0 Å². The maximum absolute atomic E-state index is 6.11. The number of H-pyrrole nitrogens is 1. The lowest BCUT2D eigenvalue weighted by atomic mass is 9.84. The summed E-state index contributed by atoms with van der Waals surface area (Å²) in [4.78, 5) is 3.70. The van der Waals surface area contributed by atoms with Crippen molar-refractivity contribution in [2.75, 3.05) is 13.7 Å². The summed E-state index contributed by atoms with van der Waals surface area (Å²) in [5, 5.41) is 4.97. The number of aromatic nitrogens is 1. The molecule has 0 amide bonds. The second-order valence-corrected chi connectivity index (χ2v) is 9.84. The highest BCUT2D eigenvalue weighted by Crippen LogP contribution is 2.39. The first-order chi connectivity index (χ1) is 15.9. The number of aromatic amines is 1. The van der Waals surface area contributed by atoms with Crippen molar-refractivity contribution in [1.29, 1.82) is 0 Å². The number of ether oxygens (including phenoxy) is 2.